The molecule has 0 amide bonds. The predicted molar refractivity (Wildman–Crippen MR) is 176 cm³/mol. The molecule has 5 atom stereocenters. The average molecular weight is 655 g/mol. The van der Waals surface area contributed by atoms with E-state index in [1.54, 1.807) is 14.2 Å². The first-order valence-electron chi connectivity index (χ1n) is 16.2. The van der Waals surface area contributed by atoms with Crippen molar-refractivity contribution in [3.63, 3.8) is 0 Å². The van der Waals surface area contributed by atoms with Gasteiger partial charge in [-0.15, -0.1) is 0 Å². The molecule has 3 aromatic carbocycles. The van der Waals surface area contributed by atoms with E-state index < -0.39 is 30.7 Å². The van der Waals surface area contributed by atoms with Crippen molar-refractivity contribution in [2.45, 2.75) is 50.5 Å². The van der Waals surface area contributed by atoms with Gasteiger partial charge in [-0.1, -0.05) is 91.0 Å². The van der Waals surface area contributed by atoms with Crippen LogP contribution in [-0.2, 0) is 67.2 Å². The number of hydrogen-bond donors (Lipinski definition) is 0. The van der Waals surface area contributed by atoms with E-state index in [1.165, 1.54) is 0 Å². The van der Waals surface area contributed by atoms with Gasteiger partial charge in [0.05, 0.1) is 79.3 Å². The van der Waals surface area contributed by atoms with E-state index in [0.717, 1.165) is 16.7 Å². The number of benzene rings is 3. The van der Waals surface area contributed by atoms with Crippen molar-refractivity contribution < 1.29 is 47.4 Å². The molecule has 0 bridgehead atoms. The third-order valence-corrected chi connectivity index (χ3v) is 7.50. The second kappa shape index (κ2) is 22.8. The van der Waals surface area contributed by atoms with Gasteiger partial charge in [0, 0.05) is 14.2 Å². The lowest BCUT2D eigenvalue weighted by molar-refractivity contribution is -0.322. The number of ether oxygens (including phenoxy) is 10. The Morgan fingerprint density at radius 1 is 0.468 bits per heavy atom. The maximum atomic E-state index is 6.62. The SMILES string of the molecule is COCCOCCOCCOCCO[C@@H]1[C@@H](OC)O[C@H](COCc2ccccc2)[C@@H](OCc2ccccc2)[C@@H]1OCc1ccccc1. The van der Waals surface area contributed by atoms with Crippen molar-refractivity contribution in [1.29, 1.82) is 0 Å². The van der Waals surface area contributed by atoms with E-state index in [0.29, 0.717) is 72.7 Å². The van der Waals surface area contributed by atoms with E-state index in [-0.39, 0.29) is 6.61 Å². The van der Waals surface area contributed by atoms with Gasteiger partial charge in [0.25, 0.3) is 0 Å². The van der Waals surface area contributed by atoms with Crippen LogP contribution in [0.1, 0.15) is 16.7 Å². The van der Waals surface area contributed by atoms with Crippen molar-refractivity contribution in [3.05, 3.63) is 108 Å². The van der Waals surface area contributed by atoms with Crippen LogP contribution in [0.3, 0.4) is 0 Å². The molecule has 10 nitrogen and oxygen atoms in total. The average Bonchev–Trinajstić information content (AvgIpc) is 3.12. The summed E-state index contributed by atoms with van der Waals surface area (Å²) in [5, 5.41) is 0. The fraction of sp³-hybridized carbons (Fsp3) is 0.514. The molecule has 0 spiro atoms. The maximum Gasteiger partial charge on any atom is 0.186 e. The van der Waals surface area contributed by atoms with Crippen LogP contribution in [0.4, 0.5) is 0 Å². The first kappa shape index (κ1) is 37.1. The van der Waals surface area contributed by atoms with Gasteiger partial charge in [-0.25, -0.2) is 0 Å². The van der Waals surface area contributed by atoms with Crippen LogP contribution in [0.5, 0.6) is 0 Å². The van der Waals surface area contributed by atoms with E-state index in [4.69, 9.17) is 47.4 Å². The Hall–Kier alpha value is -2.74. The zero-order valence-electron chi connectivity index (χ0n) is 27.6. The second-order valence-electron chi connectivity index (χ2n) is 11.0. The highest BCUT2D eigenvalue weighted by molar-refractivity contribution is 5.15. The number of rotatable bonds is 24. The van der Waals surface area contributed by atoms with Crippen molar-refractivity contribution in [2.75, 3.05) is 73.7 Å². The molecule has 0 aliphatic carbocycles. The van der Waals surface area contributed by atoms with E-state index in [9.17, 15) is 0 Å². The Morgan fingerprint density at radius 3 is 1.45 bits per heavy atom. The van der Waals surface area contributed by atoms with Gasteiger partial charge in [-0.05, 0) is 16.7 Å². The zero-order chi connectivity index (χ0) is 32.8. The molecule has 1 aliphatic heterocycles. The highest BCUT2D eigenvalue weighted by Gasteiger charge is 2.48. The van der Waals surface area contributed by atoms with Gasteiger partial charge in [0.15, 0.2) is 6.29 Å². The third kappa shape index (κ3) is 13.7. The van der Waals surface area contributed by atoms with Crippen LogP contribution in [0.2, 0.25) is 0 Å². The van der Waals surface area contributed by atoms with Gasteiger partial charge in [-0.3, -0.25) is 0 Å². The number of methoxy groups -OCH3 is 2. The van der Waals surface area contributed by atoms with Crippen LogP contribution in [0, 0.1) is 0 Å². The van der Waals surface area contributed by atoms with Crippen molar-refractivity contribution in [3.8, 4) is 0 Å². The summed E-state index contributed by atoms with van der Waals surface area (Å²) >= 11 is 0. The molecule has 4 rings (SSSR count). The molecule has 1 heterocycles. The second-order valence-corrected chi connectivity index (χ2v) is 11.0. The Labute approximate surface area is 279 Å². The Bertz CT molecular complexity index is 1170. The van der Waals surface area contributed by atoms with Crippen molar-refractivity contribution in [1.82, 2.24) is 0 Å². The highest BCUT2D eigenvalue weighted by atomic mass is 16.7. The van der Waals surface area contributed by atoms with Crippen LogP contribution in [0.25, 0.3) is 0 Å². The summed E-state index contributed by atoms with van der Waals surface area (Å²) in [6.45, 7) is 5.18. The Morgan fingerprint density at radius 2 is 0.936 bits per heavy atom. The summed E-state index contributed by atoms with van der Waals surface area (Å²) < 4.78 is 59.7. The summed E-state index contributed by atoms with van der Waals surface area (Å²) in [5.41, 5.74) is 3.16. The first-order valence-corrected chi connectivity index (χ1v) is 16.2. The lowest BCUT2D eigenvalue weighted by Crippen LogP contribution is -2.61. The van der Waals surface area contributed by atoms with Gasteiger partial charge in [-0.2, -0.15) is 0 Å². The molecule has 3 aromatic rings. The normalized spacial score (nSPS) is 21.2. The monoisotopic (exact) mass is 654 g/mol. The van der Waals surface area contributed by atoms with Crippen LogP contribution in [0.15, 0.2) is 91.0 Å². The van der Waals surface area contributed by atoms with E-state index in [2.05, 4.69) is 0 Å². The highest BCUT2D eigenvalue weighted by Crippen LogP contribution is 2.30. The first-order chi connectivity index (χ1) is 23.3. The molecule has 258 valence electrons. The zero-order valence-corrected chi connectivity index (χ0v) is 27.6. The minimum Gasteiger partial charge on any atom is -0.382 e. The molecule has 1 saturated heterocycles. The minimum atomic E-state index is -0.709. The van der Waals surface area contributed by atoms with Crippen LogP contribution < -0.4 is 0 Å². The summed E-state index contributed by atoms with van der Waals surface area (Å²) in [6.07, 6.45) is -2.80. The molecule has 0 N–H and O–H groups in total. The van der Waals surface area contributed by atoms with Gasteiger partial charge < -0.3 is 47.4 Å². The molecular formula is C37H50O10. The fourth-order valence-corrected chi connectivity index (χ4v) is 5.10. The molecule has 47 heavy (non-hydrogen) atoms. The molecule has 1 aliphatic rings. The Balaban J connectivity index is 1.38. The fourth-order valence-electron chi connectivity index (χ4n) is 5.10. The van der Waals surface area contributed by atoms with Crippen molar-refractivity contribution >= 4 is 0 Å². The minimum absolute atomic E-state index is 0.284. The largest absolute Gasteiger partial charge is 0.382 e. The third-order valence-electron chi connectivity index (χ3n) is 7.50. The standard InChI is InChI=1S/C37H50O10/c1-38-18-19-40-20-21-41-22-23-42-24-25-44-36-35(46-28-32-16-10-5-11-17-32)34(45-27-31-14-8-4-9-15-31)33(47-37(36)39-2)29-43-26-30-12-6-3-7-13-30/h3-17,33-37H,18-29H2,1-2H3/t33-,34-,35+,36+,37+/m1/s1. The molecule has 0 unspecified atom stereocenters. The molecule has 10 heteroatoms. The lowest BCUT2D eigenvalue weighted by atomic mass is 9.98. The van der Waals surface area contributed by atoms with Gasteiger partial charge in [0.2, 0.25) is 0 Å². The van der Waals surface area contributed by atoms with Gasteiger partial charge >= 0.3 is 0 Å². The van der Waals surface area contributed by atoms with Gasteiger partial charge in [0.1, 0.15) is 24.4 Å². The quantitative estimate of drug-likeness (QED) is 0.125. The van der Waals surface area contributed by atoms with Crippen LogP contribution >= 0.6 is 0 Å². The molecule has 1 fully saturated rings. The lowest BCUT2D eigenvalue weighted by Gasteiger charge is -2.45. The summed E-state index contributed by atoms with van der Waals surface area (Å²) in [7, 11) is 3.25. The summed E-state index contributed by atoms with van der Waals surface area (Å²) in [4.78, 5) is 0. The van der Waals surface area contributed by atoms with E-state index >= 15 is 0 Å². The topological polar surface area (TPSA) is 92.3 Å². The Kier molecular flexibility index (Phi) is 18.0. The van der Waals surface area contributed by atoms with E-state index in [1.807, 2.05) is 91.0 Å². The summed E-state index contributed by atoms with van der Waals surface area (Å²) in [6, 6.07) is 30.1. The predicted octanol–water partition coefficient (Wildman–Crippen LogP) is 4.83. The molecule has 0 saturated carbocycles. The molecular weight excluding hydrogens is 604 g/mol. The number of hydrogen-bond acceptors (Lipinski definition) is 10. The van der Waals surface area contributed by atoms with Crippen LogP contribution in [-0.4, -0.2) is 104 Å². The smallest absolute Gasteiger partial charge is 0.186 e. The molecule has 0 radical (unpaired) electrons. The van der Waals surface area contributed by atoms with Crippen molar-refractivity contribution in [2.24, 2.45) is 0 Å². The summed E-state index contributed by atoms with van der Waals surface area (Å²) in [5.74, 6) is 0. The maximum absolute atomic E-state index is 6.62. The molecule has 0 aromatic heterocycles.